The molecule has 0 radical (unpaired) electrons. The second-order valence-corrected chi connectivity index (χ2v) is 4.57. The molecule has 0 saturated heterocycles. The Labute approximate surface area is 80.3 Å². The van der Waals surface area contributed by atoms with Crippen LogP contribution in [-0.2, 0) is 19.8 Å². The van der Waals surface area contributed by atoms with Crippen LogP contribution in [0.3, 0.4) is 0 Å². The van der Waals surface area contributed by atoms with Crippen molar-refractivity contribution in [1.82, 2.24) is 0 Å². The van der Waals surface area contributed by atoms with Crippen LogP contribution >= 0.6 is 11.3 Å². The molecule has 0 aliphatic heterocycles. The van der Waals surface area contributed by atoms with Crippen molar-refractivity contribution in [2.45, 2.75) is 18.1 Å². The quantitative estimate of drug-likeness (QED) is 0.688. The first kappa shape index (κ1) is 10.1. The van der Waals surface area contributed by atoms with Crippen LogP contribution < -0.4 is 0 Å². The Kier molecular flexibility index (Phi) is 4.68. The molecule has 1 aromatic rings. The summed E-state index contributed by atoms with van der Waals surface area (Å²) in [5.74, 6) is 0. The van der Waals surface area contributed by atoms with E-state index in [0.717, 1.165) is 0 Å². The summed E-state index contributed by atoms with van der Waals surface area (Å²) in [5, 5.41) is 2.04. The van der Waals surface area contributed by atoms with E-state index in [1.165, 1.54) is 4.21 Å². The monoisotopic (exact) mass is 205 g/mol. The van der Waals surface area contributed by atoms with Crippen molar-refractivity contribution >= 4 is 22.8 Å². The van der Waals surface area contributed by atoms with Crippen LogP contribution in [0.4, 0.5) is 0 Å². The maximum Gasteiger partial charge on any atom is 0.367 e. The third kappa shape index (κ3) is 2.79. The molecule has 1 aromatic heterocycles. The molecule has 0 atom stereocenters. The fraction of sp³-hybridized carbons (Fsp3) is 0.500. The molecular weight excluding hydrogens is 192 g/mol. The van der Waals surface area contributed by atoms with E-state index in [-0.39, 0.29) is 0 Å². The van der Waals surface area contributed by atoms with Gasteiger partial charge in [0.05, 0.1) is 0 Å². The summed E-state index contributed by atoms with van der Waals surface area (Å²) in [6.07, 6.45) is 0. The maximum absolute atomic E-state index is 5.44. The molecule has 0 fully saturated rings. The molecule has 0 N–H and O–H groups in total. The van der Waals surface area contributed by atoms with Crippen LogP contribution in [0.1, 0.15) is 13.8 Å². The van der Waals surface area contributed by atoms with E-state index < -0.39 is 11.5 Å². The first-order valence-electron chi connectivity index (χ1n) is 3.92. The van der Waals surface area contributed by atoms with E-state index in [1.807, 2.05) is 31.4 Å². The average molecular weight is 205 g/mol. The lowest BCUT2D eigenvalue weighted by atomic mass is 10.7. The van der Waals surface area contributed by atoms with Gasteiger partial charge in [-0.05, 0) is 25.3 Å². The van der Waals surface area contributed by atoms with E-state index in [0.29, 0.717) is 13.2 Å². The van der Waals surface area contributed by atoms with E-state index in [1.54, 1.807) is 11.3 Å². The summed E-state index contributed by atoms with van der Waals surface area (Å²) < 4.78 is 12.1. The lowest BCUT2D eigenvalue weighted by Gasteiger charge is -1.97. The topological polar surface area (TPSA) is 18.5 Å². The Morgan fingerprint density at radius 2 is 2.00 bits per heavy atom. The molecule has 4 heteroatoms. The third-order valence-electron chi connectivity index (χ3n) is 1.11. The smallest absolute Gasteiger partial charge is 0.135 e. The van der Waals surface area contributed by atoms with Crippen LogP contribution in [0.5, 0.6) is 0 Å². The zero-order valence-corrected chi connectivity index (χ0v) is 8.91. The van der Waals surface area contributed by atoms with Gasteiger partial charge in [-0.1, -0.05) is 11.3 Å². The maximum atomic E-state index is 5.44. The molecule has 1 rings (SSSR count). The minimum absolute atomic E-state index is 0.438. The second kappa shape index (κ2) is 5.59. The molecule has 0 bridgehead atoms. The van der Waals surface area contributed by atoms with Gasteiger partial charge in [0, 0.05) is 6.07 Å². The molecule has 0 spiro atoms. The van der Waals surface area contributed by atoms with Crippen molar-refractivity contribution in [2.24, 2.45) is 0 Å². The Hall–Kier alpha value is -0.0300. The lowest BCUT2D eigenvalue weighted by Crippen LogP contribution is -2.09. The van der Waals surface area contributed by atoms with Crippen molar-refractivity contribution in [2.75, 3.05) is 13.2 Å². The summed E-state index contributed by atoms with van der Waals surface area (Å²) >= 11 is 1.23. The van der Waals surface area contributed by atoms with Crippen LogP contribution in [-0.4, -0.2) is 13.2 Å². The minimum atomic E-state index is -0.438. The molecule has 12 heavy (non-hydrogen) atoms. The van der Waals surface area contributed by atoms with Crippen molar-refractivity contribution in [3.63, 3.8) is 0 Å². The number of thiophene rings is 1. The number of rotatable bonds is 5. The summed E-state index contributed by atoms with van der Waals surface area (Å²) in [6.45, 7) is 5.35. The Morgan fingerprint density at radius 1 is 1.33 bits per heavy atom. The highest BCUT2D eigenvalue weighted by Crippen LogP contribution is 2.21. The Bertz CT molecular complexity index is 193. The van der Waals surface area contributed by atoms with Gasteiger partial charge in [0.1, 0.15) is 13.2 Å². The lowest BCUT2D eigenvalue weighted by molar-refractivity contribution is 0.287. The van der Waals surface area contributed by atoms with E-state index >= 15 is 0 Å². The van der Waals surface area contributed by atoms with Gasteiger partial charge in [-0.3, -0.25) is 0 Å². The van der Waals surface area contributed by atoms with Crippen molar-refractivity contribution in [3.05, 3.63) is 17.5 Å². The number of hydrogen-bond acceptors (Lipinski definition) is 3. The SMILES string of the molecule is CCO[S+](OCC)c1cccs1. The minimum Gasteiger partial charge on any atom is -0.135 e. The summed E-state index contributed by atoms with van der Waals surface area (Å²) in [6, 6.07) is 4.05. The van der Waals surface area contributed by atoms with Gasteiger partial charge in [0.15, 0.2) is 0 Å². The van der Waals surface area contributed by atoms with Crippen LogP contribution in [0.25, 0.3) is 0 Å². The van der Waals surface area contributed by atoms with Gasteiger partial charge in [-0.2, -0.15) is 0 Å². The molecule has 2 nitrogen and oxygen atoms in total. The van der Waals surface area contributed by atoms with Gasteiger partial charge >= 0.3 is 11.5 Å². The molecule has 0 aliphatic carbocycles. The molecular formula is C8H13O2S2+. The summed E-state index contributed by atoms with van der Waals surface area (Å²) in [4.78, 5) is 0. The van der Waals surface area contributed by atoms with Crippen molar-refractivity contribution in [1.29, 1.82) is 0 Å². The summed E-state index contributed by atoms with van der Waals surface area (Å²) in [7, 11) is 0. The predicted octanol–water partition coefficient (Wildman–Crippen LogP) is 2.63. The second-order valence-electron chi connectivity index (χ2n) is 1.98. The predicted molar refractivity (Wildman–Crippen MR) is 53.2 cm³/mol. The van der Waals surface area contributed by atoms with Gasteiger partial charge in [0.25, 0.3) is 4.21 Å². The molecule has 0 amide bonds. The highest BCUT2D eigenvalue weighted by Gasteiger charge is 2.27. The van der Waals surface area contributed by atoms with Crippen LogP contribution in [0, 0.1) is 0 Å². The third-order valence-corrected chi connectivity index (χ3v) is 3.83. The average Bonchev–Trinajstić information content (AvgIpc) is 2.56. The van der Waals surface area contributed by atoms with Gasteiger partial charge in [0.2, 0.25) is 0 Å². The van der Waals surface area contributed by atoms with Gasteiger partial charge in [-0.25, -0.2) is 0 Å². The molecule has 0 saturated carbocycles. The molecule has 0 unspecified atom stereocenters. The van der Waals surface area contributed by atoms with E-state index in [2.05, 4.69) is 0 Å². The zero-order valence-electron chi connectivity index (χ0n) is 7.28. The fourth-order valence-corrected chi connectivity index (χ4v) is 2.86. The fourth-order valence-electron chi connectivity index (χ4n) is 0.723. The van der Waals surface area contributed by atoms with E-state index in [4.69, 9.17) is 8.37 Å². The number of hydrogen-bond donors (Lipinski definition) is 0. The Balaban J connectivity index is 2.53. The van der Waals surface area contributed by atoms with Gasteiger partial charge in [-0.15, -0.1) is 8.37 Å². The van der Waals surface area contributed by atoms with Crippen LogP contribution in [0.15, 0.2) is 21.7 Å². The highest BCUT2D eigenvalue weighted by atomic mass is 32.3. The van der Waals surface area contributed by atoms with Crippen molar-refractivity contribution < 1.29 is 8.37 Å². The molecule has 68 valence electrons. The highest BCUT2D eigenvalue weighted by molar-refractivity contribution is 7.89. The van der Waals surface area contributed by atoms with E-state index in [9.17, 15) is 0 Å². The first-order valence-corrected chi connectivity index (χ1v) is 5.88. The molecule has 1 heterocycles. The zero-order chi connectivity index (χ0) is 8.81. The normalized spacial score (nSPS) is 10.9. The molecule has 0 aliphatic rings. The largest absolute Gasteiger partial charge is 0.367 e. The molecule has 0 aromatic carbocycles. The van der Waals surface area contributed by atoms with Gasteiger partial charge < -0.3 is 0 Å². The standard InChI is InChI=1S/C8H13O2S2/c1-3-9-12(10-4-2)8-6-5-7-11-8/h5-7H,3-4H2,1-2H3/q+1. The van der Waals surface area contributed by atoms with Crippen molar-refractivity contribution in [3.8, 4) is 0 Å². The first-order chi connectivity index (χ1) is 5.88. The van der Waals surface area contributed by atoms with Crippen LogP contribution in [0.2, 0.25) is 0 Å². The summed E-state index contributed by atoms with van der Waals surface area (Å²) in [5.41, 5.74) is 0. The Morgan fingerprint density at radius 3 is 2.42 bits per heavy atom.